The van der Waals surface area contributed by atoms with Gasteiger partial charge in [-0.2, -0.15) is 0 Å². The predicted octanol–water partition coefficient (Wildman–Crippen LogP) is 3.09. The normalized spacial score (nSPS) is 14.3. The molecule has 0 radical (unpaired) electrons. The van der Waals surface area contributed by atoms with Gasteiger partial charge in [0.2, 0.25) is 16.8 Å². The third-order valence-corrected chi connectivity index (χ3v) is 5.97. The largest absolute Gasteiger partial charge is 0.492 e. The highest BCUT2D eigenvalue weighted by atomic mass is 32.2. The average molecular weight is 377 g/mol. The van der Waals surface area contributed by atoms with Crippen molar-refractivity contribution in [2.45, 2.75) is 38.6 Å². The average Bonchev–Trinajstić information content (AvgIpc) is 2.98. The lowest BCUT2D eigenvalue weighted by Crippen LogP contribution is -2.37. The van der Waals surface area contributed by atoms with Crippen LogP contribution in [0.1, 0.15) is 23.6 Å². The zero-order chi connectivity index (χ0) is 18.9. The summed E-state index contributed by atoms with van der Waals surface area (Å²) in [6.45, 7) is 7.73. The molecule has 0 saturated heterocycles. The number of ether oxygens (including phenoxy) is 3. The van der Waals surface area contributed by atoms with E-state index in [4.69, 9.17) is 14.2 Å². The van der Waals surface area contributed by atoms with Crippen LogP contribution in [0, 0.1) is 20.8 Å². The van der Waals surface area contributed by atoms with Crippen LogP contribution in [-0.4, -0.2) is 27.9 Å². The summed E-state index contributed by atoms with van der Waals surface area (Å²) in [5, 5.41) is 0. The van der Waals surface area contributed by atoms with Crippen molar-refractivity contribution in [3.8, 4) is 17.2 Å². The van der Waals surface area contributed by atoms with Gasteiger partial charge in [0.1, 0.15) is 12.4 Å². The molecule has 2 aromatic carbocycles. The molecule has 0 saturated carbocycles. The minimum absolute atomic E-state index is 0.197. The van der Waals surface area contributed by atoms with Crippen LogP contribution in [0.25, 0.3) is 0 Å². The van der Waals surface area contributed by atoms with Gasteiger partial charge in [0, 0.05) is 6.07 Å². The maximum absolute atomic E-state index is 12.8. The second kappa shape index (κ2) is 7.17. The maximum Gasteiger partial charge on any atom is 0.241 e. The highest BCUT2D eigenvalue weighted by Crippen LogP contribution is 2.35. The van der Waals surface area contributed by atoms with E-state index in [1.54, 1.807) is 25.1 Å². The van der Waals surface area contributed by atoms with Crippen LogP contribution < -0.4 is 18.9 Å². The molecule has 1 heterocycles. The number of rotatable bonds is 6. The van der Waals surface area contributed by atoms with Crippen LogP contribution in [0.2, 0.25) is 0 Å². The van der Waals surface area contributed by atoms with E-state index < -0.39 is 16.1 Å². The Labute approximate surface area is 154 Å². The van der Waals surface area contributed by atoms with Crippen molar-refractivity contribution in [3.05, 3.63) is 47.0 Å². The Morgan fingerprint density at radius 3 is 2.42 bits per heavy atom. The Hall–Kier alpha value is -2.25. The summed E-state index contributed by atoms with van der Waals surface area (Å²) >= 11 is 0. The molecule has 1 N–H and O–H groups in total. The van der Waals surface area contributed by atoms with Crippen LogP contribution in [-0.2, 0) is 10.0 Å². The molecule has 2 aromatic rings. The number of hydrogen-bond donors (Lipinski definition) is 1. The van der Waals surface area contributed by atoms with Gasteiger partial charge in [-0.1, -0.05) is 17.7 Å². The van der Waals surface area contributed by atoms with Gasteiger partial charge in [0.25, 0.3) is 0 Å². The zero-order valence-corrected chi connectivity index (χ0v) is 16.1. The molecule has 0 fully saturated rings. The third kappa shape index (κ3) is 3.94. The van der Waals surface area contributed by atoms with Crippen molar-refractivity contribution in [1.82, 2.24) is 4.72 Å². The molecule has 6 nitrogen and oxygen atoms in total. The quantitative estimate of drug-likeness (QED) is 0.837. The van der Waals surface area contributed by atoms with Gasteiger partial charge in [0.15, 0.2) is 11.5 Å². The van der Waals surface area contributed by atoms with Crippen molar-refractivity contribution in [2.24, 2.45) is 0 Å². The fourth-order valence-electron chi connectivity index (χ4n) is 3.14. The summed E-state index contributed by atoms with van der Waals surface area (Å²) in [4.78, 5) is 0.332. The fourth-order valence-corrected chi connectivity index (χ4v) is 4.82. The van der Waals surface area contributed by atoms with Gasteiger partial charge in [-0.3, -0.25) is 0 Å². The first-order valence-electron chi connectivity index (χ1n) is 8.39. The van der Waals surface area contributed by atoms with Crippen molar-refractivity contribution >= 4 is 10.0 Å². The summed E-state index contributed by atoms with van der Waals surface area (Å²) in [6, 6.07) is 8.61. The molecule has 0 spiro atoms. The number of sulfonamides is 1. The molecule has 1 aliphatic rings. The molecule has 7 heteroatoms. The van der Waals surface area contributed by atoms with E-state index in [1.165, 1.54) is 0 Å². The van der Waals surface area contributed by atoms with Crippen LogP contribution in [0.4, 0.5) is 0 Å². The minimum Gasteiger partial charge on any atom is -0.492 e. The summed E-state index contributed by atoms with van der Waals surface area (Å²) in [5.74, 6) is 1.90. The van der Waals surface area contributed by atoms with E-state index in [1.807, 2.05) is 32.9 Å². The highest BCUT2D eigenvalue weighted by Gasteiger charge is 2.22. The number of aryl methyl sites for hydroxylation is 3. The third-order valence-electron chi connectivity index (χ3n) is 4.07. The first-order chi connectivity index (χ1) is 12.3. The van der Waals surface area contributed by atoms with Crippen molar-refractivity contribution in [3.63, 3.8) is 0 Å². The lowest BCUT2D eigenvalue weighted by atomic mass is 10.1. The smallest absolute Gasteiger partial charge is 0.241 e. The number of fused-ring (bicyclic) bond motifs is 1. The summed E-state index contributed by atoms with van der Waals surface area (Å²) < 4.78 is 44.5. The lowest BCUT2D eigenvalue weighted by Gasteiger charge is -2.18. The first-order valence-corrected chi connectivity index (χ1v) is 9.87. The van der Waals surface area contributed by atoms with Crippen LogP contribution in [0.3, 0.4) is 0 Å². The second-order valence-corrected chi connectivity index (χ2v) is 8.23. The van der Waals surface area contributed by atoms with Crippen LogP contribution in [0.5, 0.6) is 17.2 Å². The minimum atomic E-state index is -3.63. The fraction of sp³-hybridized carbons (Fsp3) is 0.368. The van der Waals surface area contributed by atoms with Crippen molar-refractivity contribution in [2.75, 3.05) is 13.4 Å². The standard InChI is InChI=1S/C19H23NO5S/c1-12-7-13(2)19(14(3)8-12)26(21,22)20-15(4)10-23-16-5-6-17-18(9-16)25-11-24-17/h5-9,15,20H,10-11H2,1-4H3/t15-/m0/s1. The SMILES string of the molecule is Cc1cc(C)c(S(=O)(=O)N[C@@H](C)COc2ccc3c(c2)OCO3)c(C)c1. The lowest BCUT2D eigenvalue weighted by molar-refractivity contribution is 0.173. The van der Waals surface area contributed by atoms with Crippen LogP contribution >= 0.6 is 0 Å². The zero-order valence-electron chi connectivity index (χ0n) is 15.3. The molecule has 26 heavy (non-hydrogen) atoms. The van der Waals surface area contributed by atoms with Gasteiger partial charge in [-0.15, -0.1) is 0 Å². The molecule has 1 atom stereocenters. The Balaban J connectivity index is 1.67. The highest BCUT2D eigenvalue weighted by molar-refractivity contribution is 7.89. The summed E-state index contributed by atoms with van der Waals surface area (Å²) in [7, 11) is -3.63. The van der Waals surface area contributed by atoms with Gasteiger partial charge in [-0.05, 0) is 51.0 Å². The van der Waals surface area contributed by atoms with E-state index in [-0.39, 0.29) is 13.4 Å². The van der Waals surface area contributed by atoms with E-state index in [9.17, 15) is 8.42 Å². The topological polar surface area (TPSA) is 73.9 Å². The number of nitrogens with one attached hydrogen (secondary N) is 1. The predicted molar refractivity (Wildman–Crippen MR) is 98.5 cm³/mol. The Bertz CT molecular complexity index is 901. The molecule has 0 amide bonds. The number of benzene rings is 2. The number of hydrogen-bond acceptors (Lipinski definition) is 5. The van der Waals surface area contributed by atoms with E-state index in [0.29, 0.717) is 22.1 Å². The van der Waals surface area contributed by atoms with E-state index in [0.717, 1.165) is 16.7 Å². The Kier molecular flexibility index (Phi) is 5.11. The van der Waals surface area contributed by atoms with Crippen molar-refractivity contribution < 1.29 is 22.6 Å². The van der Waals surface area contributed by atoms with E-state index >= 15 is 0 Å². The second-order valence-electron chi connectivity index (χ2n) is 6.58. The molecule has 0 aromatic heterocycles. The maximum atomic E-state index is 12.8. The molecular weight excluding hydrogens is 354 g/mol. The van der Waals surface area contributed by atoms with Crippen molar-refractivity contribution in [1.29, 1.82) is 0 Å². The molecule has 0 bridgehead atoms. The molecular formula is C19H23NO5S. The van der Waals surface area contributed by atoms with Gasteiger partial charge < -0.3 is 14.2 Å². The van der Waals surface area contributed by atoms with Gasteiger partial charge in [-0.25, -0.2) is 13.1 Å². The molecule has 0 aliphatic carbocycles. The molecule has 1 aliphatic heterocycles. The molecule has 140 valence electrons. The van der Waals surface area contributed by atoms with Gasteiger partial charge in [0.05, 0.1) is 10.9 Å². The monoisotopic (exact) mass is 377 g/mol. The molecule has 3 rings (SSSR count). The Morgan fingerprint density at radius 1 is 1.08 bits per heavy atom. The van der Waals surface area contributed by atoms with Crippen LogP contribution in [0.15, 0.2) is 35.2 Å². The summed E-state index contributed by atoms with van der Waals surface area (Å²) in [5.41, 5.74) is 2.51. The van der Waals surface area contributed by atoms with Gasteiger partial charge >= 0.3 is 0 Å². The van der Waals surface area contributed by atoms with E-state index in [2.05, 4.69) is 4.72 Å². The Morgan fingerprint density at radius 2 is 1.73 bits per heavy atom. The first kappa shape index (κ1) is 18.5. The molecule has 0 unspecified atom stereocenters. The summed E-state index contributed by atoms with van der Waals surface area (Å²) in [6.07, 6.45) is 0.